The van der Waals surface area contributed by atoms with Crippen LogP contribution >= 0.6 is 0 Å². The minimum atomic E-state index is -0.673. The lowest BCUT2D eigenvalue weighted by atomic mass is 10.1. The lowest BCUT2D eigenvalue weighted by molar-refractivity contribution is -0.121. The number of amides is 1. The molecule has 136 valence electrons. The molecule has 1 aromatic carbocycles. The maximum Gasteiger partial charge on any atom is 0.316 e. The SMILES string of the molecule is Cc1noc(C)c1CCC(=O)NCCn1c(=O)c(=O)[nH]c2ccccc21. The number of fused-ring (bicyclic) bond motifs is 1. The number of H-pyrrole nitrogens is 1. The van der Waals surface area contributed by atoms with E-state index in [1.165, 1.54) is 4.57 Å². The zero-order valence-electron chi connectivity index (χ0n) is 14.7. The quantitative estimate of drug-likeness (QED) is 0.641. The first-order valence-corrected chi connectivity index (χ1v) is 8.37. The number of aryl methyl sites for hydroxylation is 2. The highest BCUT2D eigenvalue weighted by molar-refractivity contribution is 5.76. The molecule has 0 atom stereocenters. The van der Waals surface area contributed by atoms with Crippen molar-refractivity contribution in [2.24, 2.45) is 0 Å². The lowest BCUT2D eigenvalue weighted by Gasteiger charge is -2.10. The van der Waals surface area contributed by atoms with E-state index in [1.807, 2.05) is 13.8 Å². The van der Waals surface area contributed by atoms with E-state index in [4.69, 9.17) is 4.52 Å². The Hall–Kier alpha value is -3.16. The van der Waals surface area contributed by atoms with E-state index in [-0.39, 0.29) is 19.0 Å². The number of para-hydroxylation sites is 2. The number of rotatable bonds is 6. The molecule has 0 unspecified atom stereocenters. The van der Waals surface area contributed by atoms with E-state index < -0.39 is 11.1 Å². The standard InChI is InChI=1S/C18H20N4O4/c1-11-13(12(2)26-21-11)7-8-16(23)19-9-10-22-15-6-4-3-5-14(15)20-17(24)18(22)25/h3-6H,7-10H2,1-2H3,(H,19,23)(H,20,24). The molecule has 0 bridgehead atoms. The van der Waals surface area contributed by atoms with Crippen LogP contribution in [0.4, 0.5) is 0 Å². The Labute approximate surface area is 148 Å². The number of carbonyl (C=O) groups is 1. The van der Waals surface area contributed by atoms with Crippen molar-refractivity contribution >= 4 is 16.9 Å². The molecular formula is C18H20N4O4. The average Bonchev–Trinajstić information content (AvgIpc) is 2.94. The third kappa shape index (κ3) is 3.58. The van der Waals surface area contributed by atoms with E-state index in [0.29, 0.717) is 23.9 Å². The first kappa shape index (κ1) is 17.7. The number of aromatic nitrogens is 3. The number of carbonyl (C=O) groups excluding carboxylic acids is 1. The van der Waals surface area contributed by atoms with Crippen molar-refractivity contribution in [1.82, 2.24) is 20.0 Å². The summed E-state index contributed by atoms with van der Waals surface area (Å²) in [5.74, 6) is 0.587. The monoisotopic (exact) mass is 356 g/mol. The summed E-state index contributed by atoms with van der Waals surface area (Å²) < 4.78 is 6.46. The number of nitrogens with one attached hydrogen (secondary N) is 2. The van der Waals surface area contributed by atoms with Crippen LogP contribution in [0, 0.1) is 13.8 Å². The Kier molecular flexibility index (Phi) is 5.01. The zero-order valence-corrected chi connectivity index (χ0v) is 14.7. The second-order valence-corrected chi connectivity index (χ2v) is 6.08. The van der Waals surface area contributed by atoms with E-state index in [2.05, 4.69) is 15.5 Å². The summed E-state index contributed by atoms with van der Waals surface area (Å²) in [5.41, 5.74) is 1.64. The van der Waals surface area contributed by atoms with E-state index in [0.717, 1.165) is 17.0 Å². The van der Waals surface area contributed by atoms with Gasteiger partial charge in [-0.3, -0.25) is 14.4 Å². The molecule has 0 saturated heterocycles. The van der Waals surface area contributed by atoms with Crippen LogP contribution < -0.4 is 16.4 Å². The molecule has 8 heteroatoms. The van der Waals surface area contributed by atoms with Gasteiger partial charge < -0.3 is 19.4 Å². The molecule has 1 amide bonds. The predicted octanol–water partition coefficient (Wildman–Crippen LogP) is 1.04. The zero-order chi connectivity index (χ0) is 18.7. The highest BCUT2D eigenvalue weighted by Crippen LogP contribution is 2.14. The van der Waals surface area contributed by atoms with E-state index >= 15 is 0 Å². The summed E-state index contributed by atoms with van der Waals surface area (Å²) in [4.78, 5) is 38.5. The second-order valence-electron chi connectivity index (χ2n) is 6.08. The fourth-order valence-corrected chi connectivity index (χ4v) is 2.94. The largest absolute Gasteiger partial charge is 0.361 e. The fraction of sp³-hybridized carbons (Fsp3) is 0.333. The van der Waals surface area contributed by atoms with Gasteiger partial charge in [-0.05, 0) is 32.4 Å². The topological polar surface area (TPSA) is 110 Å². The summed E-state index contributed by atoms with van der Waals surface area (Å²) in [7, 11) is 0. The third-order valence-corrected chi connectivity index (χ3v) is 4.32. The van der Waals surface area contributed by atoms with Crippen LogP contribution in [0.25, 0.3) is 11.0 Å². The normalized spacial score (nSPS) is 11.0. The van der Waals surface area contributed by atoms with Gasteiger partial charge in [0.15, 0.2) is 0 Å². The minimum absolute atomic E-state index is 0.132. The summed E-state index contributed by atoms with van der Waals surface area (Å²) >= 11 is 0. The summed E-state index contributed by atoms with van der Waals surface area (Å²) in [6, 6.07) is 7.06. The molecule has 0 aliphatic carbocycles. The summed E-state index contributed by atoms with van der Waals surface area (Å²) in [6.07, 6.45) is 0.842. The van der Waals surface area contributed by atoms with Gasteiger partial charge in [0, 0.05) is 25.1 Å². The van der Waals surface area contributed by atoms with Gasteiger partial charge >= 0.3 is 11.1 Å². The smallest absolute Gasteiger partial charge is 0.316 e. The molecule has 0 aliphatic rings. The Bertz CT molecular complexity index is 1040. The van der Waals surface area contributed by atoms with Crippen LogP contribution in [0.2, 0.25) is 0 Å². The van der Waals surface area contributed by atoms with Crippen molar-refractivity contribution in [3.63, 3.8) is 0 Å². The number of benzene rings is 1. The summed E-state index contributed by atoms with van der Waals surface area (Å²) in [6.45, 7) is 4.14. The van der Waals surface area contributed by atoms with Crippen LogP contribution in [0.3, 0.4) is 0 Å². The Balaban J connectivity index is 1.62. The molecule has 0 saturated carbocycles. The van der Waals surface area contributed by atoms with Crippen LogP contribution in [-0.2, 0) is 17.8 Å². The van der Waals surface area contributed by atoms with Crippen molar-refractivity contribution in [2.75, 3.05) is 6.54 Å². The molecule has 2 N–H and O–H groups in total. The van der Waals surface area contributed by atoms with Gasteiger partial charge in [0.2, 0.25) is 5.91 Å². The molecule has 26 heavy (non-hydrogen) atoms. The highest BCUT2D eigenvalue weighted by Gasteiger charge is 2.11. The Morgan fingerprint density at radius 2 is 2.04 bits per heavy atom. The van der Waals surface area contributed by atoms with Gasteiger partial charge in [0.25, 0.3) is 0 Å². The molecule has 3 rings (SSSR count). The van der Waals surface area contributed by atoms with E-state index in [1.54, 1.807) is 24.3 Å². The van der Waals surface area contributed by atoms with Crippen molar-refractivity contribution in [3.05, 3.63) is 62.0 Å². The minimum Gasteiger partial charge on any atom is -0.361 e. The number of hydrogen-bond donors (Lipinski definition) is 2. The molecule has 0 spiro atoms. The van der Waals surface area contributed by atoms with Crippen molar-refractivity contribution < 1.29 is 9.32 Å². The van der Waals surface area contributed by atoms with Gasteiger partial charge in [0.1, 0.15) is 5.76 Å². The first-order chi connectivity index (χ1) is 12.5. The summed E-state index contributed by atoms with van der Waals surface area (Å²) in [5, 5.41) is 6.65. The van der Waals surface area contributed by atoms with Gasteiger partial charge in [0.05, 0.1) is 16.7 Å². The fourth-order valence-electron chi connectivity index (χ4n) is 2.94. The number of aromatic amines is 1. The second kappa shape index (κ2) is 7.38. The van der Waals surface area contributed by atoms with Gasteiger partial charge in [-0.2, -0.15) is 0 Å². The van der Waals surface area contributed by atoms with Crippen LogP contribution in [-0.4, -0.2) is 27.2 Å². The molecular weight excluding hydrogens is 336 g/mol. The van der Waals surface area contributed by atoms with Gasteiger partial charge in [-0.25, -0.2) is 0 Å². The first-order valence-electron chi connectivity index (χ1n) is 8.37. The number of nitrogens with zero attached hydrogens (tertiary/aromatic N) is 2. The maximum absolute atomic E-state index is 12.1. The molecule has 2 heterocycles. The molecule has 3 aromatic rings. The van der Waals surface area contributed by atoms with Crippen LogP contribution in [0.1, 0.15) is 23.4 Å². The molecule has 2 aromatic heterocycles. The molecule has 8 nitrogen and oxygen atoms in total. The Morgan fingerprint density at radius 1 is 1.27 bits per heavy atom. The predicted molar refractivity (Wildman–Crippen MR) is 96.1 cm³/mol. The maximum atomic E-state index is 12.1. The number of hydrogen-bond acceptors (Lipinski definition) is 5. The third-order valence-electron chi connectivity index (χ3n) is 4.32. The van der Waals surface area contributed by atoms with Gasteiger partial charge in [-0.15, -0.1) is 0 Å². The highest BCUT2D eigenvalue weighted by atomic mass is 16.5. The molecule has 0 aliphatic heterocycles. The van der Waals surface area contributed by atoms with Crippen molar-refractivity contribution in [2.45, 2.75) is 33.2 Å². The van der Waals surface area contributed by atoms with Gasteiger partial charge in [-0.1, -0.05) is 17.3 Å². The van der Waals surface area contributed by atoms with Crippen LogP contribution in [0.15, 0.2) is 38.4 Å². The Morgan fingerprint density at radius 3 is 2.77 bits per heavy atom. The molecule has 0 radical (unpaired) electrons. The van der Waals surface area contributed by atoms with Crippen LogP contribution in [0.5, 0.6) is 0 Å². The van der Waals surface area contributed by atoms with E-state index in [9.17, 15) is 14.4 Å². The lowest BCUT2D eigenvalue weighted by Crippen LogP contribution is -2.39. The van der Waals surface area contributed by atoms with Crippen molar-refractivity contribution in [1.29, 1.82) is 0 Å². The molecule has 0 fully saturated rings. The van der Waals surface area contributed by atoms with Crippen molar-refractivity contribution in [3.8, 4) is 0 Å². The average molecular weight is 356 g/mol.